The van der Waals surface area contributed by atoms with Crippen LogP contribution in [-0.4, -0.2) is 67.2 Å². The zero-order valence-corrected chi connectivity index (χ0v) is 21.8. The van der Waals surface area contributed by atoms with E-state index >= 15 is 0 Å². The van der Waals surface area contributed by atoms with Crippen molar-refractivity contribution in [3.05, 3.63) is 48.4 Å². The number of hydrogen-bond acceptors (Lipinski definition) is 7. The highest BCUT2D eigenvalue weighted by atomic mass is 16.6. The lowest BCUT2D eigenvalue weighted by molar-refractivity contribution is 0.00597. The number of phenolic OH excluding ortho intramolecular Hbond substituents is 1. The van der Waals surface area contributed by atoms with Gasteiger partial charge in [-0.15, -0.1) is 0 Å². The molecular formula is C28H35N5O4. The van der Waals surface area contributed by atoms with Crippen LogP contribution >= 0.6 is 0 Å². The molecule has 0 spiro atoms. The number of hydrogen-bond donors (Lipinski definition) is 3. The third-order valence-corrected chi connectivity index (χ3v) is 7.45. The molecule has 3 aromatic rings. The van der Waals surface area contributed by atoms with Gasteiger partial charge in [-0.3, -0.25) is 5.10 Å². The molecule has 0 aliphatic carbocycles. The van der Waals surface area contributed by atoms with Crippen LogP contribution in [-0.2, 0) is 11.3 Å². The van der Waals surface area contributed by atoms with Crippen LogP contribution in [0.2, 0.25) is 0 Å². The fraction of sp³-hybridized carbons (Fsp3) is 0.464. The maximum absolute atomic E-state index is 12.8. The summed E-state index contributed by atoms with van der Waals surface area (Å²) in [4.78, 5) is 21.7. The molecule has 2 aromatic heterocycles. The lowest BCUT2D eigenvalue weighted by Crippen LogP contribution is -2.53. The average Bonchev–Trinajstić information content (AvgIpc) is 3.48. The van der Waals surface area contributed by atoms with E-state index in [9.17, 15) is 15.0 Å². The van der Waals surface area contributed by atoms with Crippen LogP contribution in [0.1, 0.15) is 52.1 Å². The minimum Gasteiger partial charge on any atom is -0.507 e. The molecule has 1 aromatic carbocycles. The molecule has 2 aliphatic rings. The molecule has 4 heterocycles. The zero-order valence-electron chi connectivity index (χ0n) is 21.8. The molecule has 1 unspecified atom stereocenters. The van der Waals surface area contributed by atoms with Crippen LogP contribution in [0, 0.1) is 0 Å². The summed E-state index contributed by atoms with van der Waals surface area (Å²) in [5, 5.41) is 27.6. The lowest BCUT2D eigenvalue weighted by Gasteiger charge is -2.42. The maximum Gasteiger partial charge on any atom is 0.410 e. The quantitative estimate of drug-likeness (QED) is 0.460. The number of rotatable bonds is 5. The van der Waals surface area contributed by atoms with Gasteiger partial charge >= 0.3 is 6.09 Å². The molecule has 2 fully saturated rings. The number of amides is 1. The molecule has 196 valence electrons. The Hall–Kier alpha value is -3.59. The minimum absolute atomic E-state index is 0.113. The Kier molecular flexibility index (Phi) is 6.58. The van der Waals surface area contributed by atoms with Gasteiger partial charge in [0.1, 0.15) is 17.2 Å². The van der Waals surface area contributed by atoms with Crippen LogP contribution in [0.5, 0.6) is 5.75 Å². The second kappa shape index (κ2) is 9.70. The topological polar surface area (TPSA) is 115 Å². The Balaban J connectivity index is 1.34. The van der Waals surface area contributed by atoms with Gasteiger partial charge in [0, 0.05) is 48.1 Å². The molecule has 9 heteroatoms. The number of nitrogens with one attached hydrogen (secondary N) is 1. The summed E-state index contributed by atoms with van der Waals surface area (Å²) in [5.41, 5.74) is 3.02. The summed E-state index contributed by atoms with van der Waals surface area (Å²) in [5.74, 6) is 0.875. The molecule has 0 saturated carbocycles. The highest BCUT2D eigenvalue weighted by Crippen LogP contribution is 2.40. The summed E-state index contributed by atoms with van der Waals surface area (Å²) >= 11 is 0. The van der Waals surface area contributed by atoms with Gasteiger partial charge in [-0.25, -0.2) is 9.78 Å². The summed E-state index contributed by atoms with van der Waals surface area (Å²) in [6.45, 7) is 5.45. The van der Waals surface area contributed by atoms with Crippen molar-refractivity contribution in [3.63, 3.8) is 0 Å². The van der Waals surface area contributed by atoms with Crippen LogP contribution < -0.4 is 4.90 Å². The third kappa shape index (κ3) is 5.00. The van der Waals surface area contributed by atoms with Crippen molar-refractivity contribution < 1.29 is 19.7 Å². The maximum atomic E-state index is 12.8. The Labute approximate surface area is 217 Å². The van der Waals surface area contributed by atoms with Gasteiger partial charge in [-0.1, -0.05) is 6.07 Å². The molecule has 3 atom stereocenters. The standard InChI is InChI=1S/C28H35N5O4/c1-28(2,3)37-27(36)33-19-6-7-20(33)13-21(12-19)32(4)26-10-9-22(24(16-34)31-26)23-8-5-17(11-25(23)35)18-14-29-30-15-18/h5,8-11,14-15,19-21,34-35H,6-7,12-13,16H2,1-4H3,(H,29,30)/t19-,20+,21?. The van der Waals surface area contributed by atoms with Crippen LogP contribution in [0.4, 0.5) is 10.6 Å². The van der Waals surface area contributed by atoms with E-state index in [1.807, 2.05) is 57.0 Å². The van der Waals surface area contributed by atoms with E-state index in [0.29, 0.717) is 16.8 Å². The third-order valence-electron chi connectivity index (χ3n) is 7.45. The van der Waals surface area contributed by atoms with E-state index in [2.05, 4.69) is 15.1 Å². The monoisotopic (exact) mass is 505 g/mol. The van der Waals surface area contributed by atoms with E-state index in [1.165, 1.54) is 0 Å². The number of piperidine rings is 1. The molecule has 0 radical (unpaired) electrons. The normalized spacial score (nSPS) is 21.2. The zero-order chi connectivity index (χ0) is 26.3. The minimum atomic E-state index is -0.509. The molecule has 9 nitrogen and oxygen atoms in total. The van der Waals surface area contributed by atoms with E-state index in [1.54, 1.807) is 18.5 Å². The second-order valence-corrected chi connectivity index (χ2v) is 11.0. The lowest BCUT2D eigenvalue weighted by atomic mass is 9.96. The first-order valence-electron chi connectivity index (χ1n) is 12.8. The average molecular weight is 506 g/mol. The van der Waals surface area contributed by atoms with Crippen molar-refractivity contribution in [1.29, 1.82) is 0 Å². The first kappa shape index (κ1) is 25.1. The molecule has 2 aliphatic heterocycles. The molecular weight excluding hydrogens is 470 g/mol. The van der Waals surface area contributed by atoms with Gasteiger partial charge in [0.05, 0.1) is 18.5 Å². The number of nitrogens with zero attached hydrogens (tertiary/aromatic N) is 4. The van der Waals surface area contributed by atoms with E-state index < -0.39 is 5.60 Å². The Bertz CT molecular complexity index is 1260. The number of fused-ring (bicyclic) bond motifs is 2. The first-order valence-corrected chi connectivity index (χ1v) is 12.8. The molecule has 1 amide bonds. The smallest absolute Gasteiger partial charge is 0.410 e. The first-order chi connectivity index (χ1) is 17.6. The van der Waals surface area contributed by atoms with E-state index in [-0.39, 0.29) is 36.6 Å². The van der Waals surface area contributed by atoms with Gasteiger partial charge in [0.2, 0.25) is 0 Å². The van der Waals surface area contributed by atoms with Crippen molar-refractivity contribution in [2.24, 2.45) is 0 Å². The highest BCUT2D eigenvalue weighted by molar-refractivity contribution is 5.77. The number of aromatic amines is 1. The highest BCUT2D eigenvalue weighted by Gasteiger charge is 2.46. The number of ether oxygens (including phenoxy) is 1. The molecule has 2 bridgehead atoms. The number of aliphatic hydroxyl groups is 1. The van der Waals surface area contributed by atoms with Crippen molar-refractivity contribution in [1.82, 2.24) is 20.1 Å². The summed E-state index contributed by atoms with van der Waals surface area (Å²) < 4.78 is 5.67. The predicted octanol–water partition coefficient (Wildman–Crippen LogP) is 4.70. The fourth-order valence-corrected chi connectivity index (χ4v) is 5.66. The van der Waals surface area contributed by atoms with Crippen molar-refractivity contribution in [2.75, 3.05) is 11.9 Å². The Morgan fingerprint density at radius 3 is 2.43 bits per heavy atom. The van der Waals surface area contributed by atoms with Crippen molar-refractivity contribution in [2.45, 2.75) is 76.8 Å². The van der Waals surface area contributed by atoms with Crippen molar-refractivity contribution >= 4 is 11.9 Å². The summed E-state index contributed by atoms with van der Waals surface area (Å²) in [6, 6.07) is 9.81. The van der Waals surface area contributed by atoms with E-state index in [0.717, 1.165) is 42.6 Å². The second-order valence-electron chi connectivity index (χ2n) is 11.0. The van der Waals surface area contributed by atoms with Gasteiger partial charge < -0.3 is 24.7 Å². The van der Waals surface area contributed by atoms with Crippen LogP contribution in [0.15, 0.2) is 42.7 Å². The van der Waals surface area contributed by atoms with Gasteiger partial charge in [0.25, 0.3) is 0 Å². The molecule has 5 rings (SSSR count). The molecule has 3 N–H and O–H groups in total. The largest absolute Gasteiger partial charge is 0.507 e. The number of anilines is 1. The number of aromatic hydroxyl groups is 1. The Morgan fingerprint density at radius 1 is 1.14 bits per heavy atom. The van der Waals surface area contributed by atoms with Crippen molar-refractivity contribution in [3.8, 4) is 28.0 Å². The van der Waals surface area contributed by atoms with Crippen LogP contribution in [0.25, 0.3) is 22.3 Å². The van der Waals surface area contributed by atoms with Gasteiger partial charge in [-0.05, 0) is 76.3 Å². The number of phenols is 1. The number of benzene rings is 1. The van der Waals surface area contributed by atoms with E-state index in [4.69, 9.17) is 9.72 Å². The number of pyridine rings is 1. The van der Waals surface area contributed by atoms with Gasteiger partial charge in [0.15, 0.2) is 0 Å². The number of aliphatic hydroxyl groups excluding tert-OH is 1. The fourth-order valence-electron chi connectivity index (χ4n) is 5.66. The number of carbonyl (C=O) groups is 1. The Morgan fingerprint density at radius 2 is 1.84 bits per heavy atom. The molecule has 2 saturated heterocycles. The molecule has 37 heavy (non-hydrogen) atoms. The number of H-pyrrole nitrogens is 1. The van der Waals surface area contributed by atoms with Crippen LogP contribution in [0.3, 0.4) is 0 Å². The SMILES string of the molecule is CN(c1ccc(-c2ccc(-c3cn[nH]c3)cc2O)c(CO)n1)C1C[C@H]2CC[C@@H](C1)N2C(=O)OC(C)(C)C. The predicted molar refractivity (Wildman–Crippen MR) is 141 cm³/mol. The number of carbonyl (C=O) groups excluding carboxylic acids is 1. The summed E-state index contributed by atoms with van der Waals surface area (Å²) in [6.07, 6.45) is 6.91. The van der Waals surface area contributed by atoms with Gasteiger partial charge in [-0.2, -0.15) is 5.10 Å². The summed E-state index contributed by atoms with van der Waals surface area (Å²) in [7, 11) is 2.02. The number of aromatic nitrogens is 3.